The Balaban J connectivity index is 1.67. The normalized spacial score (nSPS) is 13.1. The molecule has 1 aromatic heterocycles. The van der Waals surface area contributed by atoms with Crippen LogP contribution in [0.5, 0.6) is 0 Å². The van der Waals surface area contributed by atoms with Gasteiger partial charge in [0.25, 0.3) is 0 Å². The number of hydrogen-bond acceptors (Lipinski definition) is 4. The van der Waals surface area contributed by atoms with Gasteiger partial charge in [0.05, 0.1) is 23.9 Å². The molecule has 1 unspecified atom stereocenters. The van der Waals surface area contributed by atoms with Crippen molar-refractivity contribution in [2.24, 2.45) is 0 Å². The van der Waals surface area contributed by atoms with Crippen molar-refractivity contribution in [3.05, 3.63) is 53.1 Å². The van der Waals surface area contributed by atoms with Crippen LogP contribution in [-0.4, -0.2) is 41.9 Å². The molecule has 6 nitrogen and oxygen atoms in total. The molecule has 2 rings (SSSR count). The molecule has 0 spiro atoms. The van der Waals surface area contributed by atoms with E-state index in [1.807, 2.05) is 12.1 Å². The molecule has 24 heavy (non-hydrogen) atoms. The second kappa shape index (κ2) is 9.17. The second-order valence-corrected chi connectivity index (χ2v) is 7.95. The van der Waals surface area contributed by atoms with Crippen LogP contribution in [-0.2, 0) is 22.9 Å². The van der Waals surface area contributed by atoms with Gasteiger partial charge in [-0.3, -0.25) is 0 Å². The number of rotatable bonds is 10. The number of imidazole rings is 1. The number of nitrogens with zero attached hydrogens (tertiary/aromatic N) is 1. The number of aliphatic hydroxyl groups is 1. The van der Waals surface area contributed by atoms with Gasteiger partial charge in [-0.1, -0.05) is 23.7 Å². The van der Waals surface area contributed by atoms with Crippen molar-refractivity contribution in [2.75, 3.05) is 12.3 Å². The topological polar surface area (TPSA) is 95.1 Å². The van der Waals surface area contributed by atoms with Crippen LogP contribution in [0.2, 0.25) is 5.02 Å². The van der Waals surface area contributed by atoms with Crippen LogP contribution in [0.25, 0.3) is 0 Å². The fourth-order valence-corrected chi connectivity index (χ4v) is 3.67. The Kier molecular flexibility index (Phi) is 7.23. The highest BCUT2D eigenvalue weighted by molar-refractivity contribution is 7.89. The Hall–Kier alpha value is -1.41. The lowest BCUT2D eigenvalue weighted by Gasteiger charge is -2.12. The monoisotopic (exact) mass is 371 g/mol. The summed E-state index contributed by atoms with van der Waals surface area (Å²) in [5.74, 6) is -0.284. The number of aryl methyl sites for hydroxylation is 1. The minimum Gasteiger partial charge on any atom is -0.392 e. The number of halogens is 1. The molecule has 0 aliphatic heterocycles. The second-order valence-electron chi connectivity index (χ2n) is 5.66. The third-order valence-corrected chi connectivity index (χ3v) is 5.31. The molecule has 0 bridgehead atoms. The summed E-state index contributed by atoms with van der Waals surface area (Å²) >= 11 is 5.80. The van der Waals surface area contributed by atoms with Crippen LogP contribution in [0.4, 0.5) is 0 Å². The largest absolute Gasteiger partial charge is 0.392 e. The smallest absolute Gasteiger partial charge is 0.214 e. The summed E-state index contributed by atoms with van der Waals surface area (Å²) < 4.78 is 26.5. The van der Waals surface area contributed by atoms with Gasteiger partial charge in [-0.2, -0.15) is 0 Å². The number of H-pyrrole nitrogens is 1. The molecule has 0 aliphatic rings. The molecule has 0 fully saturated rings. The lowest BCUT2D eigenvalue weighted by molar-refractivity contribution is 0.183. The average molecular weight is 372 g/mol. The molecule has 1 heterocycles. The number of sulfonamides is 1. The summed E-state index contributed by atoms with van der Waals surface area (Å²) in [6.07, 6.45) is 4.91. The SMILES string of the molecule is O=S(=O)(CC(O)CCCc1c[nH]cn1)NCCc1ccc(Cl)cc1. The van der Waals surface area contributed by atoms with E-state index in [1.54, 1.807) is 24.7 Å². The van der Waals surface area contributed by atoms with Crippen LogP contribution >= 0.6 is 11.6 Å². The molecule has 132 valence electrons. The Morgan fingerprint density at radius 3 is 2.67 bits per heavy atom. The van der Waals surface area contributed by atoms with Gasteiger partial charge in [-0.05, 0) is 43.4 Å². The minimum atomic E-state index is -3.49. The van der Waals surface area contributed by atoms with E-state index in [1.165, 1.54) is 0 Å². The van der Waals surface area contributed by atoms with Crippen molar-refractivity contribution in [1.82, 2.24) is 14.7 Å². The molecule has 2 aromatic rings. The third kappa shape index (κ3) is 7.00. The number of aliphatic hydroxyl groups excluding tert-OH is 1. The van der Waals surface area contributed by atoms with Crippen LogP contribution < -0.4 is 4.72 Å². The van der Waals surface area contributed by atoms with Crippen molar-refractivity contribution in [3.63, 3.8) is 0 Å². The number of hydrogen-bond donors (Lipinski definition) is 3. The molecule has 1 aromatic carbocycles. The third-order valence-electron chi connectivity index (χ3n) is 3.59. The molecular formula is C16H22ClN3O3S. The molecule has 0 saturated heterocycles. The van der Waals surface area contributed by atoms with Crippen molar-refractivity contribution in [3.8, 4) is 0 Å². The zero-order chi connectivity index (χ0) is 17.4. The van der Waals surface area contributed by atoms with Gasteiger partial charge in [0.15, 0.2) is 0 Å². The van der Waals surface area contributed by atoms with E-state index in [-0.39, 0.29) is 5.75 Å². The first-order valence-corrected chi connectivity index (χ1v) is 9.85. The predicted molar refractivity (Wildman–Crippen MR) is 94.5 cm³/mol. The van der Waals surface area contributed by atoms with E-state index >= 15 is 0 Å². The van der Waals surface area contributed by atoms with Crippen LogP contribution in [0, 0.1) is 0 Å². The van der Waals surface area contributed by atoms with Crippen molar-refractivity contribution in [2.45, 2.75) is 31.8 Å². The van der Waals surface area contributed by atoms with Gasteiger partial charge >= 0.3 is 0 Å². The summed E-state index contributed by atoms with van der Waals surface area (Å²) in [6.45, 7) is 0.296. The van der Waals surface area contributed by atoms with E-state index in [4.69, 9.17) is 11.6 Å². The van der Waals surface area contributed by atoms with Gasteiger partial charge < -0.3 is 10.1 Å². The fraction of sp³-hybridized carbons (Fsp3) is 0.438. The van der Waals surface area contributed by atoms with E-state index < -0.39 is 16.1 Å². The molecule has 8 heteroatoms. The molecule has 0 amide bonds. The predicted octanol–water partition coefficient (Wildman–Crippen LogP) is 1.91. The Morgan fingerprint density at radius 2 is 2.00 bits per heavy atom. The molecule has 0 saturated carbocycles. The first-order valence-electron chi connectivity index (χ1n) is 7.82. The van der Waals surface area contributed by atoms with Crippen LogP contribution in [0.15, 0.2) is 36.8 Å². The maximum atomic E-state index is 12.0. The van der Waals surface area contributed by atoms with Crippen molar-refractivity contribution < 1.29 is 13.5 Å². The number of nitrogens with one attached hydrogen (secondary N) is 2. The van der Waals surface area contributed by atoms with E-state index in [0.717, 1.165) is 11.3 Å². The van der Waals surface area contributed by atoms with E-state index in [0.29, 0.717) is 37.3 Å². The number of aromatic amines is 1. The molecule has 1 atom stereocenters. The minimum absolute atomic E-state index is 0.284. The van der Waals surface area contributed by atoms with E-state index in [9.17, 15) is 13.5 Å². The fourth-order valence-electron chi connectivity index (χ4n) is 2.34. The Bertz CT molecular complexity index is 703. The maximum absolute atomic E-state index is 12.0. The number of aromatic nitrogens is 2. The first-order chi connectivity index (χ1) is 11.4. The van der Waals surface area contributed by atoms with Crippen LogP contribution in [0.3, 0.4) is 0 Å². The van der Waals surface area contributed by atoms with Gasteiger partial charge in [0, 0.05) is 17.8 Å². The van der Waals surface area contributed by atoms with Gasteiger partial charge in [0.2, 0.25) is 10.0 Å². The van der Waals surface area contributed by atoms with Crippen LogP contribution in [0.1, 0.15) is 24.1 Å². The summed E-state index contributed by atoms with van der Waals surface area (Å²) in [4.78, 5) is 6.95. The highest BCUT2D eigenvalue weighted by Gasteiger charge is 2.16. The summed E-state index contributed by atoms with van der Waals surface area (Å²) in [6, 6.07) is 7.27. The lowest BCUT2D eigenvalue weighted by Crippen LogP contribution is -2.33. The summed E-state index contributed by atoms with van der Waals surface area (Å²) in [5.41, 5.74) is 1.91. The van der Waals surface area contributed by atoms with Crippen molar-refractivity contribution >= 4 is 21.6 Å². The highest BCUT2D eigenvalue weighted by atomic mass is 35.5. The van der Waals surface area contributed by atoms with Gasteiger partial charge in [-0.25, -0.2) is 18.1 Å². The summed E-state index contributed by atoms with van der Waals surface area (Å²) in [5, 5.41) is 10.5. The molecular weight excluding hydrogens is 350 g/mol. The number of benzene rings is 1. The average Bonchev–Trinajstić information content (AvgIpc) is 3.02. The van der Waals surface area contributed by atoms with Gasteiger partial charge in [-0.15, -0.1) is 0 Å². The first kappa shape index (κ1) is 18.9. The van der Waals surface area contributed by atoms with Gasteiger partial charge in [0.1, 0.15) is 0 Å². The molecule has 3 N–H and O–H groups in total. The zero-order valence-electron chi connectivity index (χ0n) is 13.3. The maximum Gasteiger partial charge on any atom is 0.214 e. The molecule has 0 radical (unpaired) electrons. The van der Waals surface area contributed by atoms with E-state index in [2.05, 4.69) is 14.7 Å². The standard InChI is InChI=1S/C16H22ClN3O3S/c17-14-6-4-13(5-7-14)8-9-20-24(22,23)11-16(21)3-1-2-15-10-18-12-19-15/h4-7,10,12,16,20-21H,1-3,8-9,11H2,(H,18,19). The van der Waals surface area contributed by atoms with Crippen molar-refractivity contribution in [1.29, 1.82) is 0 Å². The Morgan fingerprint density at radius 1 is 1.25 bits per heavy atom. The summed E-state index contributed by atoms with van der Waals surface area (Å²) in [7, 11) is -3.49. The molecule has 0 aliphatic carbocycles. The quantitative estimate of drug-likeness (QED) is 0.594. The lowest BCUT2D eigenvalue weighted by atomic mass is 10.1. The Labute approximate surface area is 147 Å². The highest BCUT2D eigenvalue weighted by Crippen LogP contribution is 2.10. The zero-order valence-corrected chi connectivity index (χ0v) is 14.9.